The molecule has 0 saturated heterocycles. The summed E-state index contributed by atoms with van der Waals surface area (Å²) in [6, 6.07) is 0. The molecule has 0 aromatic rings. The molecule has 0 bridgehead atoms. The number of rotatable bonds is 2. The first-order valence-electron chi connectivity index (χ1n) is 7.06. The average Bonchev–Trinajstić information content (AvgIpc) is 2.90. The van der Waals surface area contributed by atoms with Crippen LogP contribution in [0.1, 0.15) is 0 Å². The fourth-order valence-corrected chi connectivity index (χ4v) is 1.52. The van der Waals surface area contributed by atoms with Gasteiger partial charge in [-0.05, 0) is 5.88 Å². The molecular weight excluding hydrogens is 354 g/mol. The van der Waals surface area contributed by atoms with E-state index in [0.29, 0.717) is 12.1 Å². The highest BCUT2D eigenvalue weighted by Crippen LogP contribution is 2.20. The van der Waals surface area contributed by atoms with Crippen molar-refractivity contribution in [1.82, 2.24) is 19.1 Å². The standard InChI is InChI=1S/C7H8N4O2.C5H14NO.CH4O3S/c1-10-5-4(8-3-9-5)6(12)11(2)7(10)13;1-6(2,3)4-5-7;1-5(2,3)4/h3,12H,1-2H3;7H,4-5H2,1-3H3;1H3,(H,2,3,4)/q;+1;/p-1. The lowest BCUT2D eigenvalue weighted by Gasteiger charge is -2.21. The van der Waals surface area contributed by atoms with Crippen LogP contribution in [0.5, 0.6) is 5.88 Å². The Morgan fingerprint density at radius 2 is 1.68 bits per heavy atom. The lowest BCUT2D eigenvalue weighted by atomic mass is 10.4. The smallest absolute Gasteiger partial charge is 0.328 e. The molecule has 0 amide bonds. The van der Waals surface area contributed by atoms with Crippen molar-refractivity contribution in [2.45, 2.75) is 0 Å². The van der Waals surface area contributed by atoms with E-state index < -0.39 is 21.7 Å². The molecule has 0 radical (unpaired) electrons. The maximum absolute atomic E-state index is 11.4. The van der Waals surface area contributed by atoms with E-state index in [0.717, 1.165) is 15.6 Å². The third kappa shape index (κ3) is 8.58. The van der Waals surface area contributed by atoms with Crippen molar-refractivity contribution >= 4 is 10.1 Å². The Kier molecular flexibility index (Phi) is 8.18. The Labute approximate surface area is 146 Å². The van der Waals surface area contributed by atoms with Crippen molar-refractivity contribution in [2.24, 2.45) is 14.1 Å². The molecule has 2 rings (SSSR count). The number of fused-ring (bicyclic) bond motifs is 1. The van der Waals surface area contributed by atoms with E-state index in [2.05, 4.69) is 31.1 Å². The number of hydrogen-bond donors (Lipinski definition) is 2. The molecule has 0 spiro atoms. The maximum atomic E-state index is 11.4. The first-order valence-corrected chi connectivity index (χ1v) is 8.91. The van der Waals surface area contributed by atoms with Crippen LogP contribution < -0.4 is 10.8 Å². The molecule has 11 nitrogen and oxygen atoms in total. The molecule has 0 atom stereocenters. The maximum Gasteiger partial charge on any atom is 0.328 e. The van der Waals surface area contributed by atoms with Gasteiger partial charge < -0.3 is 19.3 Å². The zero-order valence-corrected chi connectivity index (χ0v) is 16.0. The summed E-state index contributed by atoms with van der Waals surface area (Å²) in [4.78, 5) is 19.0. The first-order chi connectivity index (χ1) is 11.2. The van der Waals surface area contributed by atoms with Crippen LogP contribution in [0.4, 0.5) is 0 Å². The van der Waals surface area contributed by atoms with Crippen LogP contribution in [0.2, 0.25) is 0 Å². The van der Waals surface area contributed by atoms with E-state index >= 15 is 0 Å². The van der Waals surface area contributed by atoms with Gasteiger partial charge in [0.15, 0.2) is 5.82 Å². The number of likely N-dealkylation sites (N-methyl/N-ethyl adjacent to an activating group) is 1. The molecule has 2 aliphatic rings. The predicted molar refractivity (Wildman–Crippen MR) is 89.8 cm³/mol. The van der Waals surface area contributed by atoms with Crippen LogP contribution in [0.3, 0.4) is 0 Å². The highest BCUT2D eigenvalue weighted by atomic mass is 32.2. The molecule has 0 unspecified atom stereocenters. The second-order valence-corrected chi connectivity index (χ2v) is 7.69. The van der Waals surface area contributed by atoms with E-state index in [-0.39, 0.29) is 12.3 Å². The Balaban J connectivity index is 0.000000408. The zero-order valence-electron chi connectivity index (χ0n) is 15.2. The minimum atomic E-state index is -3.67. The molecule has 2 aliphatic heterocycles. The van der Waals surface area contributed by atoms with Gasteiger partial charge in [-0.1, -0.05) is 0 Å². The van der Waals surface area contributed by atoms with Crippen LogP contribution >= 0.6 is 0 Å². The van der Waals surface area contributed by atoms with Gasteiger partial charge in [0, 0.05) is 14.1 Å². The van der Waals surface area contributed by atoms with Gasteiger partial charge in [0.2, 0.25) is 0 Å². The SMILES string of the molecule is CS(=O)(=O)O.C[N+](C)(C)CCO.Cn1c2ncnc-2c([O-])n(C)c1=O. The van der Waals surface area contributed by atoms with Gasteiger partial charge >= 0.3 is 5.69 Å². The summed E-state index contributed by atoms with van der Waals surface area (Å²) in [6.45, 7) is 1.11. The number of aliphatic hydroxyl groups is 1. The monoisotopic (exact) mass is 379 g/mol. The normalized spacial score (nSPS) is 11.4. The van der Waals surface area contributed by atoms with Crippen LogP contribution in [0, 0.1) is 0 Å². The third-order valence-corrected chi connectivity index (χ3v) is 2.75. The number of aliphatic hydroxyl groups excluding tert-OH is 1. The van der Waals surface area contributed by atoms with E-state index in [1.807, 2.05) is 0 Å². The second-order valence-electron chi connectivity index (χ2n) is 6.22. The minimum Gasteiger partial charge on any atom is -0.858 e. The summed E-state index contributed by atoms with van der Waals surface area (Å²) < 4.78 is 29.0. The molecule has 2 N–H and O–H groups in total. The lowest BCUT2D eigenvalue weighted by Crippen LogP contribution is -2.36. The third-order valence-electron chi connectivity index (χ3n) is 2.75. The van der Waals surface area contributed by atoms with Crippen LogP contribution in [0.25, 0.3) is 11.5 Å². The van der Waals surface area contributed by atoms with Crippen LogP contribution in [0.15, 0.2) is 11.1 Å². The summed E-state index contributed by atoms with van der Waals surface area (Å²) in [5.41, 5.74) is -0.164. The average molecular weight is 379 g/mol. The Hall–Kier alpha value is -2.02. The van der Waals surface area contributed by atoms with Gasteiger partial charge in [-0.15, -0.1) is 0 Å². The molecule has 2 heterocycles. The molecule has 12 heteroatoms. The number of imidazole rings is 1. The van der Waals surface area contributed by atoms with Crippen molar-refractivity contribution in [2.75, 3.05) is 40.6 Å². The van der Waals surface area contributed by atoms with Gasteiger partial charge in [0.05, 0.1) is 34.0 Å². The second kappa shape index (κ2) is 8.89. The van der Waals surface area contributed by atoms with Gasteiger partial charge in [0.25, 0.3) is 10.1 Å². The summed E-state index contributed by atoms with van der Waals surface area (Å²) in [6.07, 6.45) is 1.98. The lowest BCUT2D eigenvalue weighted by molar-refractivity contribution is -0.870. The van der Waals surface area contributed by atoms with Gasteiger partial charge in [0.1, 0.15) is 18.6 Å². The van der Waals surface area contributed by atoms with Gasteiger partial charge in [-0.25, -0.2) is 14.8 Å². The van der Waals surface area contributed by atoms with Crippen molar-refractivity contribution in [3.8, 4) is 17.4 Å². The summed E-state index contributed by atoms with van der Waals surface area (Å²) in [5, 5.41) is 19.8. The van der Waals surface area contributed by atoms with Crippen LogP contribution in [-0.4, -0.2) is 82.2 Å². The van der Waals surface area contributed by atoms with Gasteiger partial charge in [-0.2, -0.15) is 8.42 Å². The number of nitrogens with zero attached hydrogens (tertiary/aromatic N) is 5. The summed E-state index contributed by atoms with van der Waals surface area (Å²) in [7, 11) is 5.46. The fraction of sp³-hybridized carbons (Fsp3) is 0.615. The van der Waals surface area contributed by atoms with Crippen LogP contribution in [-0.2, 0) is 24.2 Å². The first kappa shape index (κ1) is 23.0. The van der Waals surface area contributed by atoms with E-state index in [9.17, 15) is 18.3 Å². The fourth-order valence-electron chi connectivity index (χ4n) is 1.52. The van der Waals surface area contributed by atoms with Crippen molar-refractivity contribution in [1.29, 1.82) is 0 Å². The summed E-state index contributed by atoms with van der Waals surface area (Å²) >= 11 is 0. The largest absolute Gasteiger partial charge is 0.858 e. The number of quaternary nitrogens is 1. The van der Waals surface area contributed by atoms with Crippen molar-refractivity contribution in [3.05, 3.63) is 16.8 Å². The molecule has 0 aromatic heterocycles. The van der Waals surface area contributed by atoms with E-state index in [1.54, 1.807) is 7.05 Å². The highest BCUT2D eigenvalue weighted by molar-refractivity contribution is 7.85. The van der Waals surface area contributed by atoms with E-state index in [1.165, 1.54) is 17.9 Å². The molecule has 0 saturated carbocycles. The predicted octanol–water partition coefficient (Wildman–Crippen LogP) is -2.12. The topological polar surface area (TPSA) is 150 Å². The van der Waals surface area contributed by atoms with Crippen molar-refractivity contribution in [3.63, 3.8) is 0 Å². The van der Waals surface area contributed by atoms with E-state index in [4.69, 9.17) is 9.66 Å². The minimum absolute atomic E-state index is 0.226. The quantitative estimate of drug-likeness (QED) is 0.444. The molecular formula is C13H25N5O6S. The Morgan fingerprint density at radius 3 is 2.04 bits per heavy atom. The highest BCUT2D eigenvalue weighted by Gasteiger charge is 2.13. The molecule has 144 valence electrons. The summed E-state index contributed by atoms with van der Waals surface area (Å²) in [5.74, 6) is -0.0799. The molecule has 0 aromatic carbocycles. The molecule has 0 fully saturated rings. The molecule has 0 aliphatic carbocycles. The molecule has 25 heavy (non-hydrogen) atoms. The van der Waals surface area contributed by atoms with Crippen molar-refractivity contribution < 1.29 is 27.7 Å². The Morgan fingerprint density at radius 1 is 1.20 bits per heavy atom. The zero-order chi connectivity index (χ0) is 20.0. The van der Waals surface area contributed by atoms with Gasteiger partial charge in [-0.3, -0.25) is 9.12 Å². The Bertz CT molecular complexity index is 797. The number of hydrogen-bond acceptors (Lipinski definition) is 7. The number of aromatic nitrogens is 4.